The Hall–Kier alpha value is -2.68. The summed E-state index contributed by atoms with van der Waals surface area (Å²) in [5.74, 6) is -0.373. The van der Waals surface area contributed by atoms with E-state index >= 15 is 0 Å². The van der Waals surface area contributed by atoms with Gasteiger partial charge in [0.1, 0.15) is 0 Å². The average molecular weight is 461 g/mol. The first-order chi connectivity index (χ1) is 14.6. The first-order valence-electron chi connectivity index (χ1n) is 9.73. The third-order valence-electron chi connectivity index (χ3n) is 5.00. The highest BCUT2D eigenvalue weighted by molar-refractivity contribution is 7.89. The summed E-state index contributed by atoms with van der Waals surface area (Å²) in [4.78, 5) is 14.5. The van der Waals surface area contributed by atoms with Crippen molar-refractivity contribution >= 4 is 27.5 Å². The lowest BCUT2D eigenvalue weighted by molar-refractivity contribution is 0.0785. The number of carbonyl (C=O) groups excluding carboxylic acids is 1. The Kier molecular flexibility index (Phi) is 6.83. The van der Waals surface area contributed by atoms with Gasteiger partial charge < -0.3 is 4.90 Å². The van der Waals surface area contributed by atoms with Gasteiger partial charge in [-0.05, 0) is 44.2 Å². The molecule has 0 fully saturated rings. The monoisotopic (exact) mass is 460 g/mol. The molecule has 3 rings (SSSR count). The van der Waals surface area contributed by atoms with Gasteiger partial charge in [0.2, 0.25) is 10.0 Å². The van der Waals surface area contributed by atoms with E-state index in [-0.39, 0.29) is 27.4 Å². The van der Waals surface area contributed by atoms with Crippen molar-refractivity contribution in [1.29, 1.82) is 0 Å². The minimum atomic E-state index is -3.73. The number of aromatic nitrogens is 2. The van der Waals surface area contributed by atoms with Crippen molar-refractivity contribution in [3.63, 3.8) is 0 Å². The van der Waals surface area contributed by atoms with Crippen molar-refractivity contribution in [3.8, 4) is 5.69 Å². The second-order valence-corrected chi connectivity index (χ2v) is 9.95. The number of halogens is 1. The van der Waals surface area contributed by atoms with Crippen molar-refractivity contribution in [1.82, 2.24) is 19.0 Å². The van der Waals surface area contributed by atoms with E-state index in [4.69, 9.17) is 11.6 Å². The summed E-state index contributed by atoms with van der Waals surface area (Å²) in [6.45, 7) is 3.86. The Balaban J connectivity index is 1.82. The molecule has 164 valence electrons. The first-order valence-corrected chi connectivity index (χ1v) is 11.5. The molecule has 0 unspecified atom stereocenters. The fourth-order valence-electron chi connectivity index (χ4n) is 2.99. The highest BCUT2D eigenvalue weighted by atomic mass is 35.5. The summed E-state index contributed by atoms with van der Waals surface area (Å²) in [6, 6.07) is 13.6. The fraction of sp³-hybridized carbons (Fsp3) is 0.273. The number of benzene rings is 2. The molecule has 1 aromatic heterocycles. The Morgan fingerprint density at radius 1 is 1.13 bits per heavy atom. The van der Waals surface area contributed by atoms with Crippen LogP contribution in [0.15, 0.2) is 65.8 Å². The van der Waals surface area contributed by atoms with Crippen LogP contribution in [0.4, 0.5) is 0 Å². The summed E-state index contributed by atoms with van der Waals surface area (Å²) in [6.07, 6.45) is 3.54. The zero-order valence-corrected chi connectivity index (χ0v) is 19.4. The molecule has 31 heavy (non-hydrogen) atoms. The molecule has 9 heteroatoms. The second-order valence-electron chi connectivity index (χ2n) is 7.55. The summed E-state index contributed by atoms with van der Waals surface area (Å²) in [5, 5.41) is 4.54. The van der Waals surface area contributed by atoms with Crippen LogP contribution >= 0.6 is 11.6 Å². The number of nitrogens with zero attached hydrogens (tertiary/aromatic N) is 4. The molecule has 0 bridgehead atoms. The van der Waals surface area contributed by atoms with Crippen LogP contribution in [0.1, 0.15) is 29.8 Å². The normalized spacial score (nSPS) is 11.8. The lowest BCUT2D eigenvalue weighted by Crippen LogP contribution is -2.33. The quantitative estimate of drug-likeness (QED) is 0.537. The van der Waals surface area contributed by atoms with Crippen molar-refractivity contribution in [3.05, 3.63) is 77.1 Å². The van der Waals surface area contributed by atoms with Gasteiger partial charge in [0.05, 0.1) is 27.4 Å². The molecule has 0 aliphatic carbocycles. The molecule has 7 nitrogen and oxygen atoms in total. The van der Waals surface area contributed by atoms with Crippen LogP contribution < -0.4 is 0 Å². The van der Waals surface area contributed by atoms with Crippen molar-refractivity contribution in [2.45, 2.75) is 31.3 Å². The zero-order valence-electron chi connectivity index (χ0n) is 17.9. The fourth-order valence-corrected chi connectivity index (χ4v) is 4.58. The molecule has 3 aromatic rings. The van der Waals surface area contributed by atoms with Gasteiger partial charge in [-0.3, -0.25) is 4.79 Å². The third kappa shape index (κ3) is 4.98. The van der Waals surface area contributed by atoms with Gasteiger partial charge in [-0.2, -0.15) is 9.40 Å². The van der Waals surface area contributed by atoms with Crippen LogP contribution in [0, 0.1) is 0 Å². The van der Waals surface area contributed by atoms with Gasteiger partial charge in [-0.1, -0.05) is 29.8 Å². The van der Waals surface area contributed by atoms with Gasteiger partial charge >= 0.3 is 0 Å². The van der Waals surface area contributed by atoms with Crippen LogP contribution in [0.3, 0.4) is 0 Å². The van der Waals surface area contributed by atoms with Crippen LogP contribution in [0.5, 0.6) is 0 Å². The average Bonchev–Trinajstić information content (AvgIpc) is 3.21. The van der Waals surface area contributed by atoms with Crippen molar-refractivity contribution in [2.75, 3.05) is 14.1 Å². The highest BCUT2D eigenvalue weighted by Gasteiger charge is 2.26. The number of para-hydroxylation sites is 1. The molecule has 2 aromatic carbocycles. The molecule has 0 aliphatic heterocycles. The standard InChI is InChI=1S/C22H25ClN4O3S/c1-16(2)26(4)31(29,30)19-10-11-21(23)20(12-19)22(28)25(3)14-17-13-24-27(15-17)18-8-6-5-7-9-18/h5-13,15-16H,14H2,1-4H3. The minimum Gasteiger partial charge on any atom is -0.337 e. The van der Waals surface area contributed by atoms with Crippen molar-refractivity contribution in [2.24, 2.45) is 0 Å². The highest BCUT2D eigenvalue weighted by Crippen LogP contribution is 2.25. The molecule has 0 radical (unpaired) electrons. The predicted molar refractivity (Wildman–Crippen MR) is 121 cm³/mol. The topological polar surface area (TPSA) is 75.5 Å². The number of amides is 1. The van der Waals surface area contributed by atoms with E-state index in [1.165, 1.54) is 34.5 Å². The number of hydrogen-bond acceptors (Lipinski definition) is 4. The first kappa shape index (κ1) is 23.0. The molecular formula is C22H25ClN4O3S. The van der Waals surface area contributed by atoms with Crippen LogP contribution in [0.2, 0.25) is 5.02 Å². The smallest absolute Gasteiger partial charge is 0.255 e. The Morgan fingerprint density at radius 2 is 1.81 bits per heavy atom. The maximum absolute atomic E-state index is 13.0. The second kappa shape index (κ2) is 9.21. The maximum Gasteiger partial charge on any atom is 0.255 e. The lowest BCUT2D eigenvalue weighted by atomic mass is 10.2. The van der Waals surface area contributed by atoms with Crippen LogP contribution in [0.25, 0.3) is 5.69 Å². The number of hydrogen-bond donors (Lipinski definition) is 0. The Morgan fingerprint density at radius 3 is 2.45 bits per heavy atom. The Bertz CT molecular complexity index is 1180. The summed E-state index contributed by atoms with van der Waals surface area (Å²) < 4.78 is 28.6. The number of carbonyl (C=O) groups is 1. The molecule has 0 aliphatic rings. The van der Waals surface area contributed by atoms with E-state index in [2.05, 4.69) is 5.10 Å². The van der Waals surface area contributed by atoms with E-state index in [0.29, 0.717) is 6.54 Å². The molecule has 1 heterocycles. The van der Waals surface area contributed by atoms with E-state index in [1.54, 1.807) is 31.8 Å². The lowest BCUT2D eigenvalue weighted by Gasteiger charge is -2.22. The molecule has 0 saturated heterocycles. The number of sulfonamides is 1. The zero-order chi connectivity index (χ0) is 22.8. The SMILES string of the molecule is CC(C)N(C)S(=O)(=O)c1ccc(Cl)c(C(=O)N(C)Cc2cnn(-c3ccccc3)c2)c1. The molecule has 0 spiro atoms. The van der Waals surface area contributed by atoms with Crippen LogP contribution in [-0.4, -0.2) is 53.4 Å². The Labute approximate surface area is 187 Å². The number of rotatable bonds is 7. The molecule has 0 saturated carbocycles. The van der Waals surface area contributed by atoms with E-state index in [9.17, 15) is 13.2 Å². The molecule has 0 N–H and O–H groups in total. The van der Waals surface area contributed by atoms with Gasteiger partial charge in [0.15, 0.2) is 0 Å². The largest absolute Gasteiger partial charge is 0.337 e. The van der Waals surface area contributed by atoms with Gasteiger partial charge in [0, 0.05) is 38.4 Å². The summed E-state index contributed by atoms with van der Waals surface area (Å²) in [7, 11) is -0.587. The predicted octanol–water partition coefficient (Wildman–Crippen LogP) is 3.83. The van der Waals surface area contributed by atoms with E-state index in [1.807, 2.05) is 36.5 Å². The third-order valence-corrected chi connectivity index (χ3v) is 7.35. The van der Waals surface area contributed by atoms with Gasteiger partial charge in [0.25, 0.3) is 5.91 Å². The van der Waals surface area contributed by atoms with E-state index in [0.717, 1.165) is 11.3 Å². The molecule has 1 amide bonds. The molecule has 0 atom stereocenters. The summed E-state index contributed by atoms with van der Waals surface area (Å²) in [5.41, 5.74) is 1.88. The molecular weight excluding hydrogens is 436 g/mol. The van der Waals surface area contributed by atoms with Gasteiger partial charge in [-0.25, -0.2) is 13.1 Å². The van der Waals surface area contributed by atoms with Crippen molar-refractivity contribution < 1.29 is 13.2 Å². The van der Waals surface area contributed by atoms with Crippen LogP contribution in [-0.2, 0) is 16.6 Å². The minimum absolute atomic E-state index is 0.0294. The van der Waals surface area contributed by atoms with E-state index < -0.39 is 10.0 Å². The summed E-state index contributed by atoms with van der Waals surface area (Å²) >= 11 is 6.24. The van der Waals surface area contributed by atoms with Gasteiger partial charge in [-0.15, -0.1) is 0 Å². The maximum atomic E-state index is 13.0.